The van der Waals surface area contributed by atoms with Crippen molar-refractivity contribution < 1.29 is 9.47 Å². The van der Waals surface area contributed by atoms with Gasteiger partial charge in [-0.05, 0) is 57.4 Å². The fourth-order valence-electron chi connectivity index (χ4n) is 2.75. The standard InChI is InChI=1S/C21H20BrClN2O2/c1-26-18-7-3-15(4-8-18)13-25(21-20(22)11-17(23)12-24-21)14-16-5-9-19(27-2)10-6-16/h3-12H,13-14H2,1-2H3. The molecule has 0 spiro atoms. The first-order chi connectivity index (χ1) is 13.1. The van der Waals surface area contributed by atoms with Crippen LogP contribution in [0.4, 0.5) is 5.82 Å². The second-order valence-corrected chi connectivity index (χ2v) is 7.30. The van der Waals surface area contributed by atoms with Gasteiger partial charge in [-0.2, -0.15) is 0 Å². The summed E-state index contributed by atoms with van der Waals surface area (Å²) >= 11 is 9.66. The monoisotopic (exact) mass is 446 g/mol. The minimum absolute atomic E-state index is 0.597. The third kappa shape index (κ3) is 5.15. The predicted molar refractivity (Wildman–Crippen MR) is 113 cm³/mol. The molecule has 0 radical (unpaired) electrons. The fourth-order valence-corrected chi connectivity index (χ4v) is 3.64. The van der Waals surface area contributed by atoms with E-state index in [0.29, 0.717) is 18.1 Å². The van der Waals surface area contributed by atoms with Crippen LogP contribution in [0.2, 0.25) is 5.02 Å². The maximum atomic E-state index is 6.07. The van der Waals surface area contributed by atoms with Crippen LogP contribution in [-0.4, -0.2) is 19.2 Å². The van der Waals surface area contributed by atoms with Gasteiger partial charge in [-0.3, -0.25) is 0 Å². The molecule has 0 saturated heterocycles. The molecule has 6 heteroatoms. The van der Waals surface area contributed by atoms with Crippen molar-refractivity contribution >= 4 is 33.3 Å². The highest BCUT2D eigenvalue weighted by atomic mass is 79.9. The molecule has 0 N–H and O–H groups in total. The summed E-state index contributed by atoms with van der Waals surface area (Å²) in [4.78, 5) is 6.73. The average Bonchev–Trinajstić information content (AvgIpc) is 2.69. The molecule has 0 atom stereocenters. The number of hydrogen-bond donors (Lipinski definition) is 0. The van der Waals surface area contributed by atoms with Crippen molar-refractivity contribution in [3.05, 3.63) is 81.4 Å². The zero-order valence-electron chi connectivity index (χ0n) is 15.2. The topological polar surface area (TPSA) is 34.6 Å². The molecule has 0 fully saturated rings. The molecule has 1 aromatic heterocycles. The van der Waals surface area contributed by atoms with E-state index in [2.05, 4.69) is 50.1 Å². The zero-order chi connectivity index (χ0) is 19.2. The van der Waals surface area contributed by atoms with Gasteiger partial charge in [0.15, 0.2) is 0 Å². The average molecular weight is 448 g/mol. The maximum Gasteiger partial charge on any atom is 0.143 e. The molecule has 3 aromatic rings. The Morgan fingerprint density at radius 1 is 0.889 bits per heavy atom. The van der Waals surface area contributed by atoms with Crippen LogP contribution in [0.3, 0.4) is 0 Å². The molecule has 0 aliphatic rings. The maximum absolute atomic E-state index is 6.07. The molecule has 0 saturated carbocycles. The summed E-state index contributed by atoms with van der Waals surface area (Å²) in [6.45, 7) is 1.40. The number of anilines is 1. The summed E-state index contributed by atoms with van der Waals surface area (Å²) in [5.74, 6) is 2.52. The Kier molecular flexibility index (Phi) is 6.58. The third-order valence-electron chi connectivity index (χ3n) is 4.15. The molecule has 1 heterocycles. The first-order valence-electron chi connectivity index (χ1n) is 8.41. The molecular weight excluding hydrogens is 428 g/mol. The van der Waals surface area contributed by atoms with E-state index in [-0.39, 0.29) is 0 Å². The van der Waals surface area contributed by atoms with Gasteiger partial charge in [-0.25, -0.2) is 4.98 Å². The van der Waals surface area contributed by atoms with E-state index in [9.17, 15) is 0 Å². The Bertz CT molecular complexity index is 836. The zero-order valence-corrected chi connectivity index (χ0v) is 17.5. The van der Waals surface area contributed by atoms with Gasteiger partial charge in [0.25, 0.3) is 0 Å². The summed E-state index contributed by atoms with van der Waals surface area (Å²) in [5.41, 5.74) is 2.32. The number of aromatic nitrogens is 1. The highest BCUT2D eigenvalue weighted by molar-refractivity contribution is 9.10. The lowest BCUT2D eigenvalue weighted by molar-refractivity contribution is 0.414. The number of halogens is 2. The lowest BCUT2D eigenvalue weighted by Gasteiger charge is -2.25. The van der Waals surface area contributed by atoms with Crippen LogP contribution >= 0.6 is 27.5 Å². The number of rotatable bonds is 7. The molecule has 140 valence electrons. The van der Waals surface area contributed by atoms with E-state index in [1.165, 1.54) is 0 Å². The van der Waals surface area contributed by atoms with E-state index >= 15 is 0 Å². The Morgan fingerprint density at radius 2 is 1.37 bits per heavy atom. The van der Waals surface area contributed by atoms with Gasteiger partial charge >= 0.3 is 0 Å². The van der Waals surface area contributed by atoms with Crippen LogP contribution in [-0.2, 0) is 13.1 Å². The predicted octanol–water partition coefficient (Wildman–Crippen LogP) is 5.72. The number of nitrogens with zero attached hydrogens (tertiary/aromatic N) is 2. The molecular formula is C21H20BrClN2O2. The molecule has 0 amide bonds. The SMILES string of the molecule is COc1ccc(CN(Cc2ccc(OC)cc2)c2ncc(Cl)cc2Br)cc1. The molecule has 0 bridgehead atoms. The highest BCUT2D eigenvalue weighted by Gasteiger charge is 2.14. The van der Waals surface area contributed by atoms with Crippen LogP contribution in [0.1, 0.15) is 11.1 Å². The second-order valence-electron chi connectivity index (χ2n) is 6.01. The molecule has 0 aliphatic heterocycles. The van der Waals surface area contributed by atoms with Crippen LogP contribution in [0, 0.1) is 0 Å². The molecule has 27 heavy (non-hydrogen) atoms. The van der Waals surface area contributed by atoms with Crippen molar-refractivity contribution in [3.63, 3.8) is 0 Å². The van der Waals surface area contributed by atoms with E-state index in [0.717, 1.165) is 32.9 Å². The summed E-state index contributed by atoms with van der Waals surface area (Å²) in [6.07, 6.45) is 1.66. The van der Waals surface area contributed by atoms with E-state index in [1.54, 1.807) is 20.4 Å². The van der Waals surface area contributed by atoms with Gasteiger partial charge in [0.1, 0.15) is 17.3 Å². The number of methoxy groups -OCH3 is 2. The first-order valence-corrected chi connectivity index (χ1v) is 9.58. The Morgan fingerprint density at radius 3 is 1.78 bits per heavy atom. The molecule has 2 aromatic carbocycles. The van der Waals surface area contributed by atoms with Crippen LogP contribution < -0.4 is 14.4 Å². The number of hydrogen-bond acceptors (Lipinski definition) is 4. The van der Waals surface area contributed by atoms with Crippen LogP contribution in [0.5, 0.6) is 11.5 Å². The second kappa shape index (κ2) is 9.11. The van der Waals surface area contributed by atoms with E-state index < -0.39 is 0 Å². The molecule has 4 nitrogen and oxygen atoms in total. The molecule has 0 unspecified atom stereocenters. The Hall–Kier alpha value is -2.24. The lowest BCUT2D eigenvalue weighted by Crippen LogP contribution is -2.23. The summed E-state index contributed by atoms with van der Waals surface area (Å²) < 4.78 is 11.4. The van der Waals surface area contributed by atoms with Crippen molar-refractivity contribution in [3.8, 4) is 11.5 Å². The Labute approximate surface area is 172 Å². The summed E-state index contributed by atoms with van der Waals surface area (Å²) in [6, 6.07) is 18.0. The fraction of sp³-hybridized carbons (Fsp3) is 0.190. The summed E-state index contributed by atoms with van der Waals surface area (Å²) in [5, 5.41) is 0.597. The van der Waals surface area contributed by atoms with Gasteiger partial charge in [-0.15, -0.1) is 0 Å². The van der Waals surface area contributed by atoms with Crippen molar-refractivity contribution in [2.24, 2.45) is 0 Å². The van der Waals surface area contributed by atoms with E-state index in [4.69, 9.17) is 21.1 Å². The molecule has 0 aliphatic carbocycles. The molecule has 3 rings (SSSR count). The van der Waals surface area contributed by atoms with Gasteiger partial charge in [-0.1, -0.05) is 35.9 Å². The number of pyridine rings is 1. The summed E-state index contributed by atoms with van der Waals surface area (Å²) in [7, 11) is 3.33. The van der Waals surface area contributed by atoms with Crippen LogP contribution in [0.25, 0.3) is 0 Å². The smallest absolute Gasteiger partial charge is 0.143 e. The van der Waals surface area contributed by atoms with Crippen molar-refractivity contribution in [2.75, 3.05) is 19.1 Å². The third-order valence-corrected chi connectivity index (χ3v) is 4.94. The van der Waals surface area contributed by atoms with Gasteiger partial charge in [0, 0.05) is 19.3 Å². The number of ether oxygens (including phenoxy) is 2. The van der Waals surface area contributed by atoms with Gasteiger partial charge in [0.2, 0.25) is 0 Å². The Balaban J connectivity index is 1.89. The van der Waals surface area contributed by atoms with Gasteiger partial charge < -0.3 is 14.4 Å². The minimum Gasteiger partial charge on any atom is -0.497 e. The van der Waals surface area contributed by atoms with Crippen molar-refractivity contribution in [1.29, 1.82) is 0 Å². The minimum atomic E-state index is 0.597. The normalized spacial score (nSPS) is 10.5. The van der Waals surface area contributed by atoms with Crippen molar-refractivity contribution in [2.45, 2.75) is 13.1 Å². The van der Waals surface area contributed by atoms with Crippen LogP contribution in [0.15, 0.2) is 65.3 Å². The first kappa shape index (κ1) is 19.5. The largest absolute Gasteiger partial charge is 0.497 e. The number of benzene rings is 2. The lowest BCUT2D eigenvalue weighted by atomic mass is 10.1. The quantitative estimate of drug-likeness (QED) is 0.464. The van der Waals surface area contributed by atoms with Crippen molar-refractivity contribution in [1.82, 2.24) is 4.98 Å². The van der Waals surface area contributed by atoms with Gasteiger partial charge in [0.05, 0.1) is 23.7 Å². The highest BCUT2D eigenvalue weighted by Crippen LogP contribution is 2.29. The van der Waals surface area contributed by atoms with E-state index in [1.807, 2.05) is 30.3 Å².